The second-order valence-corrected chi connectivity index (χ2v) is 6.71. The zero-order valence-electron chi connectivity index (χ0n) is 14.1. The SMILES string of the molecule is C/C(=N\NC(=O)CSCc1cc(C)cc(C)c1)c1ccc(F)cc1. The van der Waals surface area contributed by atoms with E-state index in [9.17, 15) is 9.18 Å². The standard InChI is InChI=1S/C19H21FN2OS/c1-13-8-14(2)10-16(9-13)11-24-12-19(23)22-21-15(3)17-4-6-18(20)7-5-17/h4-10H,11-12H2,1-3H3,(H,22,23)/b21-15+. The van der Waals surface area contributed by atoms with Gasteiger partial charge in [0.25, 0.3) is 0 Å². The fourth-order valence-corrected chi connectivity index (χ4v) is 3.10. The number of halogens is 1. The van der Waals surface area contributed by atoms with Crippen molar-refractivity contribution in [2.24, 2.45) is 5.10 Å². The molecule has 24 heavy (non-hydrogen) atoms. The van der Waals surface area contributed by atoms with Crippen LogP contribution in [0, 0.1) is 19.7 Å². The van der Waals surface area contributed by atoms with Crippen LogP contribution in [-0.2, 0) is 10.5 Å². The number of hydrogen-bond donors (Lipinski definition) is 1. The van der Waals surface area contributed by atoms with Gasteiger partial charge in [-0.15, -0.1) is 11.8 Å². The molecule has 5 heteroatoms. The summed E-state index contributed by atoms with van der Waals surface area (Å²) in [6, 6.07) is 12.4. The number of hydrazone groups is 1. The van der Waals surface area contributed by atoms with E-state index in [-0.39, 0.29) is 11.7 Å². The highest BCUT2D eigenvalue weighted by molar-refractivity contribution is 7.99. The summed E-state index contributed by atoms with van der Waals surface area (Å²) >= 11 is 1.55. The molecule has 0 heterocycles. The van der Waals surface area contributed by atoms with Crippen LogP contribution in [-0.4, -0.2) is 17.4 Å². The molecule has 0 aromatic heterocycles. The van der Waals surface area contributed by atoms with E-state index >= 15 is 0 Å². The van der Waals surface area contributed by atoms with Gasteiger partial charge in [0, 0.05) is 5.75 Å². The topological polar surface area (TPSA) is 41.5 Å². The molecular formula is C19H21FN2OS. The Morgan fingerprint density at radius 1 is 1.12 bits per heavy atom. The van der Waals surface area contributed by atoms with Crippen molar-refractivity contribution in [3.05, 3.63) is 70.5 Å². The maximum Gasteiger partial charge on any atom is 0.250 e. The molecule has 0 aliphatic rings. The molecule has 1 amide bonds. The van der Waals surface area contributed by atoms with Crippen molar-refractivity contribution in [2.75, 3.05) is 5.75 Å². The lowest BCUT2D eigenvalue weighted by Crippen LogP contribution is -2.21. The highest BCUT2D eigenvalue weighted by atomic mass is 32.2. The third kappa shape index (κ3) is 5.81. The summed E-state index contributed by atoms with van der Waals surface area (Å²) in [5.41, 5.74) is 7.64. The molecule has 2 aromatic carbocycles. The highest BCUT2D eigenvalue weighted by Gasteiger charge is 2.03. The van der Waals surface area contributed by atoms with E-state index in [1.54, 1.807) is 30.8 Å². The average molecular weight is 344 g/mol. The van der Waals surface area contributed by atoms with Gasteiger partial charge in [0.15, 0.2) is 0 Å². The molecule has 2 aromatic rings. The first-order valence-corrected chi connectivity index (χ1v) is 8.83. The average Bonchev–Trinajstić information content (AvgIpc) is 2.52. The number of rotatable bonds is 6. The van der Waals surface area contributed by atoms with Gasteiger partial charge in [0.1, 0.15) is 5.82 Å². The van der Waals surface area contributed by atoms with Gasteiger partial charge < -0.3 is 0 Å². The normalized spacial score (nSPS) is 11.4. The van der Waals surface area contributed by atoms with Crippen molar-refractivity contribution in [3.8, 4) is 0 Å². The zero-order chi connectivity index (χ0) is 17.5. The molecule has 1 N–H and O–H groups in total. The van der Waals surface area contributed by atoms with Crippen LogP contribution < -0.4 is 5.43 Å². The molecular weight excluding hydrogens is 323 g/mol. The number of amides is 1. The summed E-state index contributed by atoms with van der Waals surface area (Å²) in [6.07, 6.45) is 0. The van der Waals surface area contributed by atoms with Crippen LogP contribution in [0.2, 0.25) is 0 Å². The number of nitrogens with one attached hydrogen (secondary N) is 1. The molecule has 126 valence electrons. The van der Waals surface area contributed by atoms with Gasteiger partial charge in [-0.2, -0.15) is 5.10 Å². The van der Waals surface area contributed by atoms with E-state index in [1.807, 2.05) is 0 Å². The summed E-state index contributed by atoms with van der Waals surface area (Å²) < 4.78 is 12.9. The minimum atomic E-state index is -0.293. The first-order valence-electron chi connectivity index (χ1n) is 7.68. The fraction of sp³-hybridized carbons (Fsp3) is 0.263. The third-order valence-corrected chi connectivity index (χ3v) is 4.40. The van der Waals surface area contributed by atoms with Crippen molar-refractivity contribution in [2.45, 2.75) is 26.5 Å². The Kier molecular flexibility index (Phi) is 6.55. The molecule has 0 spiro atoms. The van der Waals surface area contributed by atoms with Crippen LogP contribution in [0.25, 0.3) is 0 Å². The van der Waals surface area contributed by atoms with Gasteiger partial charge in [0.05, 0.1) is 11.5 Å². The van der Waals surface area contributed by atoms with Crippen LogP contribution in [0.5, 0.6) is 0 Å². The maximum atomic E-state index is 12.9. The Labute approximate surface area is 146 Å². The monoisotopic (exact) mass is 344 g/mol. The largest absolute Gasteiger partial charge is 0.272 e. The Morgan fingerprint density at radius 2 is 1.75 bits per heavy atom. The summed E-state index contributed by atoms with van der Waals surface area (Å²) in [5.74, 6) is 0.688. The number of nitrogens with zero attached hydrogens (tertiary/aromatic N) is 1. The van der Waals surface area contributed by atoms with Crippen molar-refractivity contribution in [1.29, 1.82) is 0 Å². The molecule has 0 unspecified atom stereocenters. The molecule has 3 nitrogen and oxygen atoms in total. The van der Waals surface area contributed by atoms with E-state index < -0.39 is 0 Å². The molecule has 0 aliphatic carbocycles. The number of carbonyl (C=O) groups excluding carboxylic acids is 1. The van der Waals surface area contributed by atoms with Crippen molar-refractivity contribution < 1.29 is 9.18 Å². The molecule has 0 atom stereocenters. The van der Waals surface area contributed by atoms with Crippen molar-refractivity contribution >= 4 is 23.4 Å². The van der Waals surface area contributed by atoms with Crippen LogP contribution in [0.1, 0.15) is 29.2 Å². The van der Waals surface area contributed by atoms with E-state index in [0.29, 0.717) is 11.5 Å². The first-order chi connectivity index (χ1) is 11.4. The summed E-state index contributed by atoms with van der Waals surface area (Å²) in [4.78, 5) is 11.9. The minimum Gasteiger partial charge on any atom is -0.272 e. The number of thioether (sulfide) groups is 1. The number of hydrogen-bond acceptors (Lipinski definition) is 3. The van der Waals surface area contributed by atoms with Gasteiger partial charge in [-0.1, -0.05) is 41.5 Å². The second-order valence-electron chi connectivity index (χ2n) is 5.73. The molecule has 2 rings (SSSR count). The van der Waals surface area contributed by atoms with Crippen LogP contribution >= 0.6 is 11.8 Å². The Morgan fingerprint density at radius 3 is 2.38 bits per heavy atom. The van der Waals surface area contributed by atoms with Crippen LogP contribution in [0.15, 0.2) is 47.6 Å². The van der Waals surface area contributed by atoms with E-state index in [1.165, 1.54) is 28.8 Å². The fourth-order valence-electron chi connectivity index (χ4n) is 2.35. The van der Waals surface area contributed by atoms with Gasteiger partial charge in [0.2, 0.25) is 5.91 Å². The minimum absolute atomic E-state index is 0.147. The van der Waals surface area contributed by atoms with Crippen molar-refractivity contribution in [3.63, 3.8) is 0 Å². The van der Waals surface area contributed by atoms with Gasteiger partial charge in [-0.05, 0) is 44.0 Å². The summed E-state index contributed by atoms with van der Waals surface area (Å²) in [7, 11) is 0. The molecule has 0 saturated heterocycles. The van der Waals surface area contributed by atoms with E-state index in [0.717, 1.165) is 11.3 Å². The van der Waals surface area contributed by atoms with Crippen LogP contribution in [0.3, 0.4) is 0 Å². The predicted molar refractivity (Wildman–Crippen MR) is 98.8 cm³/mol. The molecule has 0 aliphatic heterocycles. The summed E-state index contributed by atoms with van der Waals surface area (Å²) in [5, 5.41) is 4.06. The Bertz CT molecular complexity index is 721. The zero-order valence-corrected chi connectivity index (χ0v) is 14.9. The lowest BCUT2D eigenvalue weighted by Gasteiger charge is -2.05. The van der Waals surface area contributed by atoms with Gasteiger partial charge in [-0.3, -0.25) is 4.79 Å². The van der Waals surface area contributed by atoms with E-state index in [2.05, 4.69) is 42.6 Å². The summed E-state index contributed by atoms with van der Waals surface area (Å²) in [6.45, 7) is 5.91. The third-order valence-electron chi connectivity index (χ3n) is 3.39. The smallest absolute Gasteiger partial charge is 0.250 e. The number of carbonyl (C=O) groups is 1. The second kappa shape index (κ2) is 8.64. The van der Waals surface area contributed by atoms with Gasteiger partial charge in [-0.25, -0.2) is 9.82 Å². The van der Waals surface area contributed by atoms with E-state index in [4.69, 9.17) is 0 Å². The maximum absolute atomic E-state index is 12.9. The number of aryl methyl sites for hydroxylation is 2. The highest BCUT2D eigenvalue weighted by Crippen LogP contribution is 2.15. The quantitative estimate of drug-likeness (QED) is 0.630. The first kappa shape index (κ1) is 18.2. The lowest BCUT2D eigenvalue weighted by atomic mass is 10.1. The molecule has 0 saturated carbocycles. The molecule has 0 fully saturated rings. The lowest BCUT2D eigenvalue weighted by molar-refractivity contribution is -0.118. The van der Waals surface area contributed by atoms with Crippen LogP contribution in [0.4, 0.5) is 4.39 Å². The molecule has 0 radical (unpaired) electrons. The Balaban J connectivity index is 1.80. The molecule has 0 bridgehead atoms. The van der Waals surface area contributed by atoms with Crippen molar-refractivity contribution in [1.82, 2.24) is 5.43 Å². The number of benzene rings is 2. The Hall–Kier alpha value is -2.14. The van der Waals surface area contributed by atoms with Gasteiger partial charge >= 0.3 is 0 Å². The predicted octanol–water partition coefficient (Wildman–Crippen LogP) is 4.22.